The van der Waals surface area contributed by atoms with Gasteiger partial charge >= 0.3 is 0 Å². The fraction of sp³-hybridized carbons (Fsp3) is 0.600. The number of methoxy groups -OCH3 is 1. The number of nitrogens with zero attached hydrogens (tertiary/aromatic N) is 1. The fourth-order valence-corrected chi connectivity index (χ4v) is 5.86. The Labute approximate surface area is 179 Å². The molecule has 30 heavy (non-hydrogen) atoms. The van der Waals surface area contributed by atoms with Gasteiger partial charge in [-0.1, -0.05) is 18.2 Å². The van der Waals surface area contributed by atoms with Gasteiger partial charge < -0.3 is 10.1 Å². The molecular weight excluding hydrogens is 434 g/mol. The minimum atomic E-state index is -3.36. The van der Waals surface area contributed by atoms with Crippen LogP contribution in [0.2, 0.25) is 0 Å². The molecule has 1 heterocycles. The summed E-state index contributed by atoms with van der Waals surface area (Å²) in [6.45, 7) is 0.124. The van der Waals surface area contributed by atoms with Crippen LogP contribution in [-0.4, -0.2) is 56.4 Å². The monoisotopic (exact) mass is 460 g/mol. The molecular formula is C20H26F2N2O4S2. The number of hydrogen-bond donors (Lipinski definition) is 1. The van der Waals surface area contributed by atoms with Gasteiger partial charge in [-0.3, -0.25) is 4.79 Å². The average molecular weight is 461 g/mol. The number of aromatic nitrogens is 1. The van der Waals surface area contributed by atoms with Crippen molar-refractivity contribution in [1.29, 1.82) is 0 Å². The summed E-state index contributed by atoms with van der Waals surface area (Å²) < 4.78 is 57.0. The zero-order chi connectivity index (χ0) is 21.7. The van der Waals surface area contributed by atoms with Gasteiger partial charge in [0, 0.05) is 18.7 Å². The van der Waals surface area contributed by atoms with Gasteiger partial charge in [-0.25, -0.2) is 22.2 Å². The molecule has 0 aromatic carbocycles. The van der Waals surface area contributed by atoms with E-state index in [1.165, 1.54) is 18.4 Å². The number of halogens is 2. The Morgan fingerprint density at radius 3 is 2.67 bits per heavy atom. The molecule has 3 unspecified atom stereocenters. The third kappa shape index (κ3) is 5.73. The Bertz CT molecular complexity index is 877. The highest BCUT2D eigenvalue weighted by Gasteiger charge is 2.38. The van der Waals surface area contributed by atoms with Gasteiger partial charge in [-0.05, 0) is 37.2 Å². The Morgan fingerprint density at radius 2 is 2.10 bits per heavy atom. The molecule has 1 N–H and O–H groups in total. The van der Waals surface area contributed by atoms with Crippen LogP contribution in [-0.2, 0) is 19.4 Å². The highest BCUT2D eigenvalue weighted by atomic mass is 32.2. The average Bonchev–Trinajstić information content (AvgIpc) is 3.34. The first-order valence-corrected chi connectivity index (χ1v) is 12.5. The molecule has 2 aliphatic carbocycles. The first-order chi connectivity index (χ1) is 14.3. The molecule has 0 bridgehead atoms. The highest BCUT2D eigenvalue weighted by molar-refractivity contribution is 7.92. The lowest BCUT2D eigenvalue weighted by molar-refractivity contribution is -0.119. The maximum atomic E-state index is 13.7. The lowest BCUT2D eigenvalue weighted by atomic mass is 9.84. The minimum Gasteiger partial charge on any atom is -0.384 e. The summed E-state index contributed by atoms with van der Waals surface area (Å²) >= 11 is 1.28. The van der Waals surface area contributed by atoms with E-state index in [4.69, 9.17) is 4.74 Å². The summed E-state index contributed by atoms with van der Waals surface area (Å²) in [5, 5.41) is 4.27. The van der Waals surface area contributed by atoms with Crippen LogP contribution >= 0.6 is 11.3 Å². The number of amides is 1. The van der Waals surface area contributed by atoms with E-state index in [0.717, 1.165) is 0 Å². The molecule has 1 amide bonds. The second kappa shape index (κ2) is 10.1. The van der Waals surface area contributed by atoms with Gasteiger partial charge in [0.25, 0.3) is 0 Å². The van der Waals surface area contributed by atoms with Crippen molar-refractivity contribution in [1.82, 2.24) is 4.98 Å². The second-order valence-electron chi connectivity index (χ2n) is 7.68. The fourth-order valence-electron chi connectivity index (χ4n) is 3.92. The lowest BCUT2D eigenvalue weighted by Gasteiger charge is -2.24. The van der Waals surface area contributed by atoms with E-state index < -0.39 is 33.3 Å². The molecule has 1 aromatic heterocycles. The molecule has 2 aliphatic rings. The number of nitrogens with one attached hydrogen (secondary N) is 1. The first kappa shape index (κ1) is 23.0. The normalized spacial score (nSPS) is 27.6. The van der Waals surface area contributed by atoms with Crippen molar-refractivity contribution in [2.75, 3.05) is 24.8 Å². The number of allylic oxidation sites excluding steroid dienone is 2. The van der Waals surface area contributed by atoms with Crippen molar-refractivity contribution in [3.63, 3.8) is 0 Å². The number of sulfone groups is 1. The predicted octanol–water partition coefficient (Wildman–Crippen LogP) is 3.49. The minimum absolute atomic E-state index is 0.0759. The zero-order valence-electron chi connectivity index (χ0n) is 16.7. The smallest absolute Gasteiger partial charge is 0.233 e. The van der Waals surface area contributed by atoms with Gasteiger partial charge in [0.05, 0.1) is 23.5 Å². The van der Waals surface area contributed by atoms with Gasteiger partial charge in [-0.15, -0.1) is 11.3 Å². The number of ether oxygens (including phenoxy) is 1. The van der Waals surface area contributed by atoms with Gasteiger partial charge in [0.15, 0.2) is 15.0 Å². The quantitative estimate of drug-likeness (QED) is 0.610. The number of thiazole rings is 1. The Hall–Kier alpha value is -1.65. The van der Waals surface area contributed by atoms with Crippen molar-refractivity contribution < 1.29 is 26.7 Å². The largest absolute Gasteiger partial charge is 0.384 e. The Balaban J connectivity index is 1.73. The summed E-state index contributed by atoms with van der Waals surface area (Å²) in [6, 6.07) is 0. The van der Waals surface area contributed by atoms with Crippen LogP contribution in [0.1, 0.15) is 25.7 Å². The Kier molecular flexibility index (Phi) is 7.75. The van der Waals surface area contributed by atoms with Crippen molar-refractivity contribution in [3.8, 4) is 0 Å². The van der Waals surface area contributed by atoms with E-state index in [9.17, 15) is 22.0 Å². The van der Waals surface area contributed by atoms with E-state index in [1.807, 2.05) is 0 Å². The third-order valence-corrected chi connectivity index (χ3v) is 8.28. The van der Waals surface area contributed by atoms with Crippen molar-refractivity contribution in [3.05, 3.63) is 35.4 Å². The maximum absolute atomic E-state index is 13.7. The number of alkyl halides is 2. The maximum Gasteiger partial charge on any atom is 0.233 e. The van der Waals surface area contributed by atoms with Crippen LogP contribution in [0.15, 0.2) is 35.4 Å². The first-order valence-electron chi connectivity index (χ1n) is 9.87. The molecule has 0 spiro atoms. The van der Waals surface area contributed by atoms with Crippen LogP contribution in [0.4, 0.5) is 13.9 Å². The summed E-state index contributed by atoms with van der Waals surface area (Å²) in [5.74, 6) is -1.26. The van der Waals surface area contributed by atoms with Crippen LogP contribution in [0, 0.1) is 11.8 Å². The summed E-state index contributed by atoms with van der Waals surface area (Å²) in [6.07, 6.45) is 4.30. The van der Waals surface area contributed by atoms with Crippen LogP contribution in [0.5, 0.6) is 0 Å². The molecule has 166 valence electrons. The number of carbonyl (C=O) groups is 1. The standard InChI is InChI=1S/C20H26F2N2O4S2/c1-28-7-9-30(26,27)15-4-2-14(3-5-15)16(10-13-11-17(21)18(22)12-13)19(25)24-20-23-6-8-29-20/h2-4,6,8,13,15-18H,5,7,9-12H2,1H3,(H,23,24,25)/t13?,15?,16?,17-,18+. The van der Waals surface area contributed by atoms with Crippen LogP contribution in [0.25, 0.3) is 0 Å². The molecule has 3 rings (SSSR count). The molecule has 1 saturated carbocycles. The topological polar surface area (TPSA) is 85.4 Å². The summed E-state index contributed by atoms with van der Waals surface area (Å²) in [7, 11) is -1.91. The molecule has 0 radical (unpaired) electrons. The SMILES string of the molecule is COCCS(=O)(=O)C1C=CC(C(CC2C[C@@H](F)[C@@H](F)C2)C(=O)Nc2nccs2)=CC1. The third-order valence-electron chi connectivity index (χ3n) is 5.58. The molecule has 5 atom stereocenters. The van der Waals surface area contributed by atoms with Crippen LogP contribution < -0.4 is 5.32 Å². The van der Waals surface area contributed by atoms with Crippen molar-refractivity contribution >= 4 is 32.2 Å². The van der Waals surface area contributed by atoms with E-state index >= 15 is 0 Å². The van der Waals surface area contributed by atoms with Crippen molar-refractivity contribution in [2.45, 2.75) is 43.3 Å². The van der Waals surface area contributed by atoms with E-state index in [0.29, 0.717) is 17.1 Å². The van der Waals surface area contributed by atoms with Gasteiger partial charge in [0.1, 0.15) is 12.3 Å². The zero-order valence-corrected chi connectivity index (χ0v) is 18.3. The number of anilines is 1. The highest BCUT2D eigenvalue weighted by Crippen LogP contribution is 2.38. The van der Waals surface area contributed by atoms with Crippen LogP contribution in [0.3, 0.4) is 0 Å². The molecule has 0 saturated heterocycles. The molecule has 1 fully saturated rings. The van der Waals surface area contributed by atoms with E-state index in [2.05, 4.69) is 10.3 Å². The number of rotatable bonds is 9. The molecule has 6 nitrogen and oxygen atoms in total. The predicted molar refractivity (Wildman–Crippen MR) is 113 cm³/mol. The van der Waals surface area contributed by atoms with E-state index in [1.54, 1.807) is 29.8 Å². The summed E-state index contributed by atoms with van der Waals surface area (Å²) in [4.78, 5) is 17.0. The van der Waals surface area contributed by atoms with Gasteiger partial charge in [-0.2, -0.15) is 0 Å². The number of carbonyl (C=O) groups excluding carboxylic acids is 1. The molecule has 1 aromatic rings. The van der Waals surface area contributed by atoms with E-state index in [-0.39, 0.29) is 43.4 Å². The number of hydrogen-bond acceptors (Lipinski definition) is 6. The Morgan fingerprint density at radius 1 is 1.37 bits per heavy atom. The summed E-state index contributed by atoms with van der Waals surface area (Å²) in [5.41, 5.74) is 0.667. The second-order valence-corrected chi connectivity index (χ2v) is 10.9. The lowest BCUT2D eigenvalue weighted by Crippen LogP contribution is -2.29. The van der Waals surface area contributed by atoms with Gasteiger partial charge in [0.2, 0.25) is 5.91 Å². The molecule has 10 heteroatoms. The molecule has 0 aliphatic heterocycles. The van der Waals surface area contributed by atoms with Crippen molar-refractivity contribution in [2.24, 2.45) is 11.8 Å².